The van der Waals surface area contributed by atoms with E-state index in [1.54, 1.807) is 24.3 Å². The minimum absolute atomic E-state index is 0.0409. The van der Waals surface area contributed by atoms with Crippen molar-refractivity contribution in [3.05, 3.63) is 88.7 Å². The molecule has 3 N–H and O–H groups in total. The molecule has 0 unspecified atom stereocenters. The van der Waals surface area contributed by atoms with Crippen molar-refractivity contribution in [1.29, 1.82) is 0 Å². The molecule has 2 heterocycles. The van der Waals surface area contributed by atoms with Gasteiger partial charge in [-0.1, -0.05) is 36.3 Å². The number of nitrogens with two attached hydrogens (primary N) is 1. The van der Waals surface area contributed by atoms with Crippen LogP contribution in [0.2, 0.25) is 0 Å². The quantitative estimate of drug-likeness (QED) is 0.191. The minimum atomic E-state index is -0.284. The smallest absolute Gasteiger partial charge is 0.170 e. The zero-order valence-corrected chi connectivity index (χ0v) is 19.6. The summed E-state index contributed by atoms with van der Waals surface area (Å²) in [4.78, 5) is 0. The van der Waals surface area contributed by atoms with Crippen LogP contribution in [-0.4, -0.2) is 26.0 Å². The number of hydrogen-bond acceptors (Lipinski definition) is 5. The van der Waals surface area contributed by atoms with Crippen LogP contribution in [-0.2, 0) is 18.3 Å². The summed E-state index contributed by atoms with van der Waals surface area (Å²) < 4.78 is 22.6. The third-order valence-corrected chi connectivity index (χ3v) is 7.94. The number of benzene rings is 2. The van der Waals surface area contributed by atoms with Gasteiger partial charge in [0, 0.05) is 33.6 Å². The highest BCUT2D eigenvalue weighted by molar-refractivity contribution is 5.97. The zero-order chi connectivity index (χ0) is 24.3. The molecule has 0 saturated heterocycles. The number of rotatable bonds is 3. The Bertz CT molecular complexity index is 1450. The van der Waals surface area contributed by atoms with E-state index in [1.165, 1.54) is 6.07 Å². The van der Waals surface area contributed by atoms with E-state index in [-0.39, 0.29) is 23.0 Å². The lowest BCUT2D eigenvalue weighted by atomic mass is 9.56. The van der Waals surface area contributed by atoms with Crippen LogP contribution in [0, 0.1) is 11.7 Å². The monoisotopic (exact) mass is 471 g/mol. The number of aromatic nitrogens is 3. The van der Waals surface area contributed by atoms with Crippen LogP contribution < -0.4 is 5.73 Å². The SMILES string of the molecule is C[C@H]1c2oncc2C[C@@]2(C)c3c(c(-c4ccccc4F)nn3-c3ccc(C(N)=NO)cc3)CC[C@H]12. The van der Waals surface area contributed by atoms with E-state index >= 15 is 0 Å². The van der Waals surface area contributed by atoms with Gasteiger partial charge < -0.3 is 15.5 Å². The lowest BCUT2D eigenvalue weighted by molar-refractivity contribution is 0.170. The highest BCUT2D eigenvalue weighted by atomic mass is 19.1. The number of amidine groups is 1. The molecule has 35 heavy (non-hydrogen) atoms. The predicted octanol–water partition coefficient (Wildman–Crippen LogP) is 4.94. The molecule has 2 aliphatic rings. The second kappa shape index (κ2) is 7.80. The number of nitrogens with zero attached hydrogens (tertiary/aromatic N) is 4. The molecule has 0 radical (unpaired) electrons. The van der Waals surface area contributed by atoms with Gasteiger partial charge in [0.25, 0.3) is 0 Å². The topological polar surface area (TPSA) is 102 Å². The Balaban J connectivity index is 1.59. The summed E-state index contributed by atoms with van der Waals surface area (Å²) in [5.74, 6) is 1.27. The second-order valence-electron chi connectivity index (χ2n) is 9.84. The fourth-order valence-electron chi connectivity index (χ4n) is 6.33. The summed E-state index contributed by atoms with van der Waals surface area (Å²) >= 11 is 0. The summed E-state index contributed by atoms with van der Waals surface area (Å²) in [7, 11) is 0. The summed E-state index contributed by atoms with van der Waals surface area (Å²) in [6.07, 6.45) is 4.36. The number of halogens is 1. The molecule has 8 heteroatoms. The first kappa shape index (κ1) is 21.6. The predicted molar refractivity (Wildman–Crippen MR) is 129 cm³/mol. The third-order valence-electron chi connectivity index (χ3n) is 7.94. The standard InChI is InChI=1S/C27H26FN5O2/c1-15-21-12-11-20-23(19-5-3-4-6-22(19)28)31-33(18-9-7-16(8-10-18)26(29)32-34)25(20)27(21,2)13-17-14-30-35-24(15)17/h3-10,14-15,21,34H,11-13H2,1-2H3,(H2,29,32)/t15-,21-,27-/m1/s1. The molecule has 0 fully saturated rings. The molecule has 6 rings (SSSR count). The molecule has 3 atom stereocenters. The van der Waals surface area contributed by atoms with Gasteiger partial charge in [-0.3, -0.25) is 0 Å². The molecule has 7 nitrogen and oxygen atoms in total. The van der Waals surface area contributed by atoms with Crippen LogP contribution in [0.1, 0.15) is 54.3 Å². The van der Waals surface area contributed by atoms with Crippen molar-refractivity contribution < 1.29 is 14.1 Å². The maximum Gasteiger partial charge on any atom is 0.170 e. The van der Waals surface area contributed by atoms with E-state index in [0.29, 0.717) is 22.7 Å². The fourth-order valence-corrected chi connectivity index (χ4v) is 6.33. The Hall–Kier alpha value is -3.94. The van der Waals surface area contributed by atoms with Crippen molar-refractivity contribution >= 4 is 5.84 Å². The normalized spacial score (nSPS) is 23.5. The van der Waals surface area contributed by atoms with Gasteiger partial charge >= 0.3 is 0 Å². The van der Waals surface area contributed by atoms with E-state index in [0.717, 1.165) is 47.5 Å². The Morgan fingerprint density at radius 2 is 2.00 bits per heavy atom. The van der Waals surface area contributed by atoms with Gasteiger partial charge in [-0.2, -0.15) is 5.10 Å². The Kier molecular flexibility index (Phi) is 4.81. The molecule has 0 amide bonds. The molecule has 2 aromatic heterocycles. The first-order chi connectivity index (χ1) is 16.9. The van der Waals surface area contributed by atoms with E-state index in [2.05, 4.69) is 24.2 Å². The number of hydrogen-bond donors (Lipinski definition) is 2. The highest BCUT2D eigenvalue weighted by Crippen LogP contribution is 2.55. The van der Waals surface area contributed by atoms with Crippen molar-refractivity contribution in [2.45, 2.75) is 44.4 Å². The summed E-state index contributed by atoms with van der Waals surface area (Å²) in [6, 6.07) is 14.2. The fraction of sp³-hybridized carbons (Fsp3) is 0.296. The van der Waals surface area contributed by atoms with Gasteiger partial charge in [-0.15, -0.1) is 0 Å². The third kappa shape index (κ3) is 3.12. The second-order valence-corrected chi connectivity index (χ2v) is 9.84. The van der Waals surface area contributed by atoms with E-state index in [4.69, 9.17) is 20.6 Å². The van der Waals surface area contributed by atoms with Gasteiger partial charge in [0.05, 0.1) is 23.3 Å². The summed E-state index contributed by atoms with van der Waals surface area (Å²) in [5, 5.41) is 21.2. The van der Waals surface area contributed by atoms with Crippen LogP contribution in [0.3, 0.4) is 0 Å². The number of oxime groups is 1. The molecule has 2 aliphatic carbocycles. The molecule has 0 spiro atoms. The van der Waals surface area contributed by atoms with Gasteiger partial charge in [0.15, 0.2) is 5.84 Å². The molecule has 4 aromatic rings. The first-order valence-electron chi connectivity index (χ1n) is 11.8. The number of fused-ring (bicyclic) bond motifs is 4. The van der Waals surface area contributed by atoms with Gasteiger partial charge in [-0.25, -0.2) is 9.07 Å². The summed E-state index contributed by atoms with van der Waals surface area (Å²) in [5.41, 5.74) is 11.5. The van der Waals surface area contributed by atoms with E-state index < -0.39 is 0 Å². The van der Waals surface area contributed by atoms with Crippen LogP contribution in [0.25, 0.3) is 16.9 Å². The molecule has 0 aliphatic heterocycles. The Morgan fingerprint density at radius 1 is 1.23 bits per heavy atom. The van der Waals surface area contributed by atoms with Gasteiger partial charge in [0.1, 0.15) is 11.6 Å². The first-order valence-corrected chi connectivity index (χ1v) is 11.8. The Morgan fingerprint density at radius 3 is 2.74 bits per heavy atom. The van der Waals surface area contributed by atoms with Crippen LogP contribution in [0.4, 0.5) is 4.39 Å². The van der Waals surface area contributed by atoms with E-state index in [9.17, 15) is 4.39 Å². The molecule has 0 bridgehead atoms. The zero-order valence-electron chi connectivity index (χ0n) is 19.6. The van der Waals surface area contributed by atoms with Crippen LogP contribution in [0.5, 0.6) is 0 Å². The lowest BCUT2D eigenvalue weighted by Crippen LogP contribution is -2.45. The van der Waals surface area contributed by atoms with Crippen molar-refractivity contribution in [1.82, 2.24) is 14.9 Å². The maximum atomic E-state index is 15.0. The molecule has 178 valence electrons. The van der Waals surface area contributed by atoms with Crippen molar-refractivity contribution in [3.63, 3.8) is 0 Å². The molecular formula is C27H26FN5O2. The summed E-state index contributed by atoms with van der Waals surface area (Å²) in [6.45, 7) is 4.50. The Labute approximate surface area is 202 Å². The molecule has 0 saturated carbocycles. The average molecular weight is 472 g/mol. The van der Waals surface area contributed by atoms with Crippen molar-refractivity contribution in [2.75, 3.05) is 0 Å². The lowest BCUT2D eigenvalue weighted by Gasteiger charge is -2.47. The molecular weight excluding hydrogens is 445 g/mol. The van der Waals surface area contributed by atoms with Gasteiger partial charge in [0.2, 0.25) is 0 Å². The minimum Gasteiger partial charge on any atom is -0.409 e. The van der Waals surface area contributed by atoms with E-state index in [1.807, 2.05) is 29.1 Å². The highest BCUT2D eigenvalue weighted by Gasteiger charge is 2.51. The maximum absolute atomic E-state index is 15.0. The van der Waals surface area contributed by atoms with Crippen LogP contribution in [0.15, 0.2) is 64.4 Å². The van der Waals surface area contributed by atoms with Gasteiger partial charge in [-0.05, 0) is 61.6 Å². The largest absolute Gasteiger partial charge is 0.409 e. The van der Waals surface area contributed by atoms with Crippen molar-refractivity contribution in [2.24, 2.45) is 16.8 Å². The molecule has 2 aromatic carbocycles. The van der Waals surface area contributed by atoms with Crippen molar-refractivity contribution in [3.8, 4) is 16.9 Å². The average Bonchev–Trinajstić information content (AvgIpc) is 3.49. The van der Waals surface area contributed by atoms with Crippen LogP contribution >= 0.6 is 0 Å².